The van der Waals surface area contributed by atoms with Crippen molar-refractivity contribution in [3.05, 3.63) is 100 Å². The first-order valence-electron chi connectivity index (χ1n) is 19.6. The van der Waals surface area contributed by atoms with Crippen LogP contribution in [0.1, 0.15) is 131 Å². The van der Waals surface area contributed by atoms with Crippen LogP contribution in [0.25, 0.3) is 10.9 Å². The molecule has 0 aliphatic heterocycles. The van der Waals surface area contributed by atoms with Crippen LogP contribution in [0.15, 0.2) is 82.0 Å². The molecule has 5 rings (SSSR count). The third kappa shape index (κ3) is 11.1. The Morgan fingerprint density at radius 2 is 1.15 bits per heavy atom. The quantitative estimate of drug-likeness (QED) is 0.0751. The maximum Gasteiger partial charge on any atom is 0.346 e. The topological polar surface area (TPSA) is 148 Å². The fraction of sp³-hybridized carbons (Fsp3) is 0.455. The van der Waals surface area contributed by atoms with E-state index in [1.807, 2.05) is 13.8 Å². The van der Waals surface area contributed by atoms with Crippen molar-refractivity contribution in [1.29, 1.82) is 0 Å². The lowest BCUT2D eigenvalue weighted by atomic mass is 9.84. The van der Waals surface area contributed by atoms with Gasteiger partial charge in [0.2, 0.25) is 5.89 Å². The van der Waals surface area contributed by atoms with E-state index in [4.69, 9.17) is 23.4 Å². The number of carbonyl (C=O) groups is 4. The van der Waals surface area contributed by atoms with Crippen molar-refractivity contribution in [2.45, 2.75) is 116 Å². The zero-order chi connectivity index (χ0) is 39.3. The Morgan fingerprint density at radius 1 is 0.673 bits per heavy atom. The zero-order valence-corrected chi connectivity index (χ0v) is 32.1. The summed E-state index contributed by atoms with van der Waals surface area (Å²) in [6.45, 7) is 8.07. The van der Waals surface area contributed by atoms with Crippen molar-refractivity contribution in [2.75, 3.05) is 0 Å². The number of para-hydroxylation sites is 1. The van der Waals surface area contributed by atoms with Crippen LogP contribution in [0.3, 0.4) is 0 Å². The van der Waals surface area contributed by atoms with Crippen LogP contribution >= 0.6 is 0 Å². The highest BCUT2D eigenvalue weighted by Gasteiger charge is 2.37. The molecule has 55 heavy (non-hydrogen) atoms. The molecule has 1 heterocycles. The van der Waals surface area contributed by atoms with Gasteiger partial charge in [0.25, 0.3) is 0 Å². The van der Waals surface area contributed by atoms with Gasteiger partial charge in [0.1, 0.15) is 23.7 Å². The van der Waals surface area contributed by atoms with Crippen LogP contribution in [0.4, 0.5) is 0 Å². The Labute approximate surface area is 321 Å². The summed E-state index contributed by atoms with van der Waals surface area (Å²) in [6, 6.07) is 19.2. The zero-order valence-electron chi connectivity index (χ0n) is 32.1. The molecule has 0 saturated heterocycles. The number of unbranched alkanes of at least 4 members (excludes halogenated alkanes) is 2. The van der Waals surface area contributed by atoms with Gasteiger partial charge in [-0.1, -0.05) is 65.5 Å². The van der Waals surface area contributed by atoms with Crippen molar-refractivity contribution < 1.29 is 42.5 Å². The molecule has 1 fully saturated rings. The van der Waals surface area contributed by atoms with Gasteiger partial charge in [0.05, 0.1) is 33.9 Å². The second-order valence-electron chi connectivity index (χ2n) is 14.2. The minimum absolute atomic E-state index is 0.163. The van der Waals surface area contributed by atoms with Gasteiger partial charge in [-0.3, -0.25) is 9.59 Å². The van der Waals surface area contributed by atoms with Gasteiger partial charge in [-0.05, 0) is 99.2 Å². The van der Waals surface area contributed by atoms with E-state index in [9.17, 15) is 24.0 Å². The van der Waals surface area contributed by atoms with Gasteiger partial charge < -0.3 is 23.4 Å². The summed E-state index contributed by atoms with van der Waals surface area (Å²) in [5, 5.41) is 0.341. The largest absolute Gasteiger partial charge is 0.459 e. The van der Waals surface area contributed by atoms with E-state index in [1.54, 1.807) is 48.5 Å². The molecule has 1 saturated carbocycles. The Morgan fingerprint density at radius 3 is 1.60 bits per heavy atom. The lowest BCUT2D eigenvalue weighted by molar-refractivity contribution is -0.140. The molecule has 0 bridgehead atoms. The minimum atomic E-state index is -0.718. The molecule has 4 aromatic rings. The molecule has 1 aliphatic rings. The summed E-state index contributed by atoms with van der Waals surface area (Å²) in [5.74, 6) is -1.87. The summed E-state index contributed by atoms with van der Waals surface area (Å²) in [5.41, 5.74) is 0.427. The first kappa shape index (κ1) is 40.9. The maximum absolute atomic E-state index is 13.4. The van der Waals surface area contributed by atoms with Gasteiger partial charge in [0, 0.05) is 12.3 Å². The van der Waals surface area contributed by atoms with E-state index in [-0.39, 0.29) is 60.1 Å². The summed E-state index contributed by atoms with van der Waals surface area (Å²) in [4.78, 5) is 69.7. The SMILES string of the molecule is CCCCC(CC)C(=O)Oc1ccc(C(=O)OC2CC(OC(=O)c3ccc(OC(=O)C(CC)CCCC)cc3)CC(c3nc4ccccc4c(=O)o3)C2)cc1. The Hall–Kier alpha value is -5.32. The molecule has 0 radical (unpaired) electrons. The number of hydrogen-bond acceptors (Lipinski definition) is 11. The van der Waals surface area contributed by atoms with E-state index in [1.165, 1.54) is 24.3 Å². The summed E-state index contributed by atoms with van der Waals surface area (Å²) in [7, 11) is 0. The van der Waals surface area contributed by atoms with Crippen LogP contribution in [-0.2, 0) is 19.1 Å². The number of aromatic nitrogens is 1. The Kier molecular flexibility index (Phi) is 14.7. The van der Waals surface area contributed by atoms with E-state index in [0.717, 1.165) is 38.5 Å². The lowest BCUT2D eigenvalue weighted by Gasteiger charge is -2.33. The van der Waals surface area contributed by atoms with Gasteiger partial charge in [-0.25, -0.2) is 19.4 Å². The van der Waals surface area contributed by atoms with Crippen molar-refractivity contribution in [1.82, 2.24) is 4.98 Å². The van der Waals surface area contributed by atoms with Crippen molar-refractivity contribution in [2.24, 2.45) is 11.8 Å². The fourth-order valence-electron chi connectivity index (χ4n) is 6.85. The van der Waals surface area contributed by atoms with Crippen molar-refractivity contribution >= 4 is 34.8 Å². The molecule has 0 amide bonds. The lowest BCUT2D eigenvalue weighted by Crippen LogP contribution is -2.35. The summed E-state index contributed by atoms with van der Waals surface area (Å²) < 4.78 is 28.7. The van der Waals surface area contributed by atoms with Crippen LogP contribution in [0.2, 0.25) is 0 Å². The molecule has 11 heteroatoms. The van der Waals surface area contributed by atoms with Gasteiger partial charge in [0.15, 0.2) is 0 Å². The number of hydrogen-bond donors (Lipinski definition) is 0. The number of ether oxygens (including phenoxy) is 4. The van der Waals surface area contributed by atoms with Crippen LogP contribution in [0, 0.1) is 11.8 Å². The first-order valence-corrected chi connectivity index (χ1v) is 19.6. The molecule has 0 N–H and O–H groups in total. The molecule has 4 unspecified atom stereocenters. The van der Waals surface area contributed by atoms with E-state index in [2.05, 4.69) is 18.8 Å². The van der Waals surface area contributed by atoms with Gasteiger partial charge in [-0.15, -0.1) is 0 Å². The second-order valence-corrected chi connectivity index (χ2v) is 14.2. The predicted molar refractivity (Wildman–Crippen MR) is 206 cm³/mol. The summed E-state index contributed by atoms with van der Waals surface area (Å²) in [6.07, 6.45) is 6.06. The van der Waals surface area contributed by atoms with E-state index in [0.29, 0.717) is 35.2 Å². The number of nitrogens with zero attached hydrogens (tertiary/aromatic N) is 1. The third-order valence-corrected chi connectivity index (χ3v) is 10.2. The molecule has 292 valence electrons. The average molecular weight is 754 g/mol. The van der Waals surface area contributed by atoms with E-state index < -0.39 is 35.7 Å². The second kappa shape index (κ2) is 19.8. The number of carbonyl (C=O) groups excluding carboxylic acids is 4. The number of benzene rings is 3. The Balaban J connectivity index is 1.28. The Bertz CT molecular complexity index is 1870. The third-order valence-electron chi connectivity index (χ3n) is 10.2. The van der Waals surface area contributed by atoms with Crippen LogP contribution in [0.5, 0.6) is 11.5 Å². The van der Waals surface area contributed by atoms with E-state index >= 15 is 0 Å². The van der Waals surface area contributed by atoms with Crippen LogP contribution in [-0.4, -0.2) is 41.1 Å². The highest BCUT2D eigenvalue weighted by molar-refractivity contribution is 5.90. The number of rotatable bonds is 17. The normalized spacial score (nSPS) is 17.9. The standard InChI is InChI=1S/C44H51NO10/c1-5-9-13-28(7-3)40(46)51-33-21-17-30(18-22-33)42(48)53-35-25-32(39-45-38-16-12-11-15-37(38)44(50)55-39)26-36(27-35)54-43(49)31-19-23-34(24-20-31)52-41(47)29(8-4)14-10-6-2/h11-12,15-24,28-29,32,35-36H,5-10,13-14,25-27H2,1-4H3. The molecular weight excluding hydrogens is 702 g/mol. The molecular formula is C44H51NO10. The molecule has 1 aromatic heterocycles. The fourth-order valence-corrected chi connectivity index (χ4v) is 6.85. The first-order chi connectivity index (χ1) is 26.6. The highest BCUT2D eigenvalue weighted by Crippen LogP contribution is 2.36. The smallest absolute Gasteiger partial charge is 0.346 e. The number of fused-ring (bicyclic) bond motifs is 1. The summed E-state index contributed by atoms with van der Waals surface area (Å²) >= 11 is 0. The van der Waals surface area contributed by atoms with Gasteiger partial charge in [-0.2, -0.15) is 0 Å². The average Bonchev–Trinajstić information content (AvgIpc) is 3.19. The maximum atomic E-state index is 13.4. The number of esters is 4. The van der Waals surface area contributed by atoms with Crippen LogP contribution < -0.4 is 15.1 Å². The monoisotopic (exact) mass is 753 g/mol. The molecule has 3 aromatic carbocycles. The molecule has 0 spiro atoms. The van der Waals surface area contributed by atoms with Crippen molar-refractivity contribution in [3.63, 3.8) is 0 Å². The van der Waals surface area contributed by atoms with Crippen molar-refractivity contribution in [3.8, 4) is 11.5 Å². The molecule has 11 nitrogen and oxygen atoms in total. The van der Waals surface area contributed by atoms with Gasteiger partial charge >= 0.3 is 29.5 Å². The predicted octanol–water partition coefficient (Wildman–Crippen LogP) is 9.15. The highest BCUT2D eigenvalue weighted by atomic mass is 16.6. The molecule has 1 aliphatic carbocycles. The minimum Gasteiger partial charge on any atom is -0.459 e. The molecule has 4 atom stereocenters.